The first kappa shape index (κ1) is 19.9. The van der Waals surface area contributed by atoms with Crippen LogP contribution in [0.3, 0.4) is 0 Å². The number of ether oxygens (including phenoxy) is 2. The lowest BCUT2D eigenvalue weighted by Crippen LogP contribution is -2.13. The fourth-order valence-corrected chi connectivity index (χ4v) is 2.97. The van der Waals surface area contributed by atoms with Gasteiger partial charge in [-0.3, -0.25) is 4.79 Å². The van der Waals surface area contributed by atoms with E-state index in [4.69, 9.17) is 9.47 Å². The van der Waals surface area contributed by atoms with Gasteiger partial charge in [0.25, 0.3) is 5.91 Å². The molecule has 0 fully saturated rings. The van der Waals surface area contributed by atoms with Gasteiger partial charge in [-0.15, -0.1) is 0 Å². The molecule has 1 aromatic heterocycles. The molecule has 0 aliphatic carbocycles. The van der Waals surface area contributed by atoms with E-state index in [1.165, 1.54) is 7.11 Å². The Bertz CT molecular complexity index is 1180. The van der Waals surface area contributed by atoms with Gasteiger partial charge in [-0.25, -0.2) is 9.48 Å². The van der Waals surface area contributed by atoms with E-state index in [1.54, 1.807) is 83.7 Å². The maximum Gasteiger partial charge on any atom is 0.343 e. The van der Waals surface area contributed by atoms with Crippen LogP contribution in [0.25, 0.3) is 5.69 Å². The van der Waals surface area contributed by atoms with Crippen LogP contribution in [-0.4, -0.2) is 28.8 Å². The second kappa shape index (κ2) is 8.96. The van der Waals surface area contributed by atoms with Crippen molar-refractivity contribution >= 4 is 17.6 Å². The van der Waals surface area contributed by atoms with Crippen LogP contribution >= 0.6 is 0 Å². The van der Waals surface area contributed by atoms with Gasteiger partial charge in [0, 0.05) is 18.1 Å². The largest absolute Gasteiger partial charge is 0.496 e. The molecule has 0 aliphatic rings. The molecule has 7 nitrogen and oxygen atoms in total. The molecule has 4 rings (SSSR count). The smallest absolute Gasteiger partial charge is 0.343 e. The van der Waals surface area contributed by atoms with Crippen molar-refractivity contribution in [3.63, 3.8) is 0 Å². The van der Waals surface area contributed by atoms with Gasteiger partial charge < -0.3 is 14.8 Å². The summed E-state index contributed by atoms with van der Waals surface area (Å²) in [6, 6.07) is 22.3. The molecule has 0 radical (unpaired) electrons. The van der Waals surface area contributed by atoms with Crippen molar-refractivity contribution in [1.29, 1.82) is 0 Å². The van der Waals surface area contributed by atoms with E-state index in [0.717, 1.165) is 5.69 Å². The Labute approximate surface area is 178 Å². The summed E-state index contributed by atoms with van der Waals surface area (Å²) in [6.45, 7) is 0. The summed E-state index contributed by atoms with van der Waals surface area (Å²) in [7, 11) is 1.51. The number of carbonyl (C=O) groups is 2. The van der Waals surface area contributed by atoms with E-state index in [0.29, 0.717) is 28.3 Å². The second-order valence-corrected chi connectivity index (χ2v) is 6.57. The predicted octanol–water partition coefficient (Wildman–Crippen LogP) is 4.35. The number of amides is 1. The Morgan fingerprint density at radius 3 is 2.32 bits per heavy atom. The van der Waals surface area contributed by atoms with Crippen LogP contribution in [0.1, 0.15) is 20.7 Å². The van der Waals surface area contributed by atoms with Crippen molar-refractivity contribution in [2.45, 2.75) is 0 Å². The molecule has 1 heterocycles. The SMILES string of the molecule is COc1ccccc1C(=O)Nc1ccc(OC(=O)c2ccc(-n3cccn3)cc2)cc1. The molecular weight excluding hydrogens is 394 g/mol. The number of hydrogen-bond acceptors (Lipinski definition) is 5. The molecule has 0 aliphatic heterocycles. The Balaban J connectivity index is 1.39. The number of nitrogens with one attached hydrogen (secondary N) is 1. The Hall–Kier alpha value is -4.39. The van der Waals surface area contributed by atoms with Crippen LogP contribution in [0, 0.1) is 0 Å². The Morgan fingerprint density at radius 2 is 1.65 bits per heavy atom. The molecule has 0 bridgehead atoms. The van der Waals surface area contributed by atoms with Crippen molar-refractivity contribution in [1.82, 2.24) is 9.78 Å². The van der Waals surface area contributed by atoms with Gasteiger partial charge in [0.1, 0.15) is 11.5 Å². The van der Waals surface area contributed by atoms with E-state index in [2.05, 4.69) is 10.4 Å². The number of rotatable bonds is 6. The van der Waals surface area contributed by atoms with Crippen molar-refractivity contribution < 1.29 is 19.1 Å². The molecule has 7 heteroatoms. The first-order valence-electron chi connectivity index (χ1n) is 9.51. The maximum absolute atomic E-state index is 12.5. The number of benzene rings is 3. The minimum absolute atomic E-state index is 0.292. The normalized spacial score (nSPS) is 10.4. The molecule has 0 saturated heterocycles. The maximum atomic E-state index is 12.5. The minimum Gasteiger partial charge on any atom is -0.496 e. The van der Waals surface area contributed by atoms with E-state index in [1.807, 2.05) is 12.3 Å². The quantitative estimate of drug-likeness (QED) is 0.375. The summed E-state index contributed by atoms with van der Waals surface area (Å²) in [5.74, 6) is 0.0952. The average Bonchev–Trinajstić information content (AvgIpc) is 3.35. The molecule has 154 valence electrons. The highest BCUT2D eigenvalue weighted by Crippen LogP contribution is 2.21. The summed E-state index contributed by atoms with van der Waals surface area (Å²) < 4.78 is 12.3. The van der Waals surface area contributed by atoms with Gasteiger partial charge in [0.05, 0.1) is 23.9 Å². The number of para-hydroxylation sites is 1. The molecule has 4 aromatic rings. The summed E-state index contributed by atoms with van der Waals surface area (Å²) in [5.41, 5.74) is 2.26. The van der Waals surface area contributed by atoms with Crippen molar-refractivity contribution in [2.75, 3.05) is 12.4 Å². The van der Waals surface area contributed by atoms with Gasteiger partial charge >= 0.3 is 5.97 Å². The molecule has 0 atom stereocenters. The van der Waals surface area contributed by atoms with Gasteiger partial charge in [0.2, 0.25) is 0 Å². The number of esters is 1. The van der Waals surface area contributed by atoms with Gasteiger partial charge in [-0.05, 0) is 66.7 Å². The van der Waals surface area contributed by atoms with Crippen molar-refractivity contribution in [3.8, 4) is 17.2 Å². The summed E-state index contributed by atoms with van der Waals surface area (Å²) in [5, 5.41) is 6.95. The lowest BCUT2D eigenvalue weighted by molar-refractivity contribution is 0.0734. The molecule has 0 spiro atoms. The first-order chi connectivity index (χ1) is 15.1. The third-order valence-electron chi connectivity index (χ3n) is 4.55. The first-order valence-corrected chi connectivity index (χ1v) is 9.51. The van der Waals surface area contributed by atoms with Crippen LogP contribution in [-0.2, 0) is 0 Å². The number of anilines is 1. The highest BCUT2D eigenvalue weighted by Gasteiger charge is 2.12. The fraction of sp³-hybridized carbons (Fsp3) is 0.0417. The zero-order valence-corrected chi connectivity index (χ0v) is 16.7. The zero-order valence-electron chi connectivity index (χ0n) is 16.7. The summed E-state index contributed by atoms with van der Waals surface area (Å²) in [4.78, 5) is 24.9. The highest BCUT2D eigenvalue weighted by atomic mass is 16.5. The van der Waals surface area contributed by atoms with E-state index < -0.39 is 5.97 Å². The zero-order chi connectivity index (χ0) is 21.6. The van der Waals surface area contributed by atoms with Crippen molar-refractivity contribution in [3.05, 3.63) is 102 Å². The molecule has 1 amide bonds. The topological polar surface area (TPSA) is 82.5 Å². The van der Waals surface area contributed by atoms with E-state index in [9.17, 15) is 9.59 Å². The Kier molecular flexibility index (Phi) is 5.75. The third-order valence-corrected chi connectivity index (χ3v) is 4.55. The molecular formula is C24H19N3O4. The second-order valence-electron chi connectivity index (χ2n) is 6.57. The van der Waals surface area contributed by atoms with Crippen LogP contribution in [0.5, 0.6) is 11.5 Å². The molecule has 3 aromatic carbocycles. The molecule has 1 N–H and O–H groups in total. The van der Waals surface area contributed by atoms with Gasteiger partial charge in [-0.1, -0.05) is 12.1 Å². The summed E-state index contributed by atoms with van der Waals surface area (Å²) >= 11 is 0. The lowest BCUT2D eigenvalue weighted by atomic mass is 10.2. The molecule has 0 unspecified atom stereocenters. The molecule has 31 heavy (non-hydrogen) atoms. The lowest BCUT2D eigenvalue weighted by Gasteiger charge is -2.10. The minimum atomic E-state index is -0.474. The van der Waals surface area contributed by atoms with Gasteiger partial charge in [-0.2, -0.15) is 5.10 Å². The Morgan fingerprint density at radius 1 is 0.903 bits per heavy atom. The molecule has 0 saturated carbocycles. The number of methoxy groups -OCH3 is 1. The number of aromatic nitrogens is 2. The van der Waals surface area contributed by atoms with E-state index >= 15 is 0 Å². The van der Waals surface area contributed by atoms with Crippen molar-refractivity contribution in [2.24, 2.45) is 0 Å². The average molecular weight is 413 g/mol. The number of carbonyl (C=O) groups excluding carboxylic acids is 2. The van der Waals surface area contributed by atoms with Crippen LogP contribution in [0.2, 0.25) is 0 Å². The van der Waals surface area contributed by atoms with Crippen LogP contribution < -0.4 is 14.8 Å². The third kappa shape index (κ3) is 4.62. The summed E-state index contributed by atoms with van der Waals surface area (Å²) in [6.07, 6.45) is 3.51. The van der Waals surface area contributed by atoms with Gasteiger partial charge in [0.15, 0.2) is 0 Å². The van der Waals surface area contributed by atoms with Crippen LogP contribution in [0.15, 0.2) is 91.3 Å². The number of nitrogens with zero attached hydrogens (tertiary/aromatic N) is 2. The monoisotopic (exact) mass is 413 g/mol. The van der Waals surface area contributed by atoms with E-state index in [-0.39, 0.29) is 5.91 Å². The standard InChI is InChI=1S/C24H19N3O4/c1-30-22-6-3-2-5-21(22)23(28)26-18-9-13-20(14-10-18)31-24(29)17-7-11-19(12-8-17)27-16-4-15-25-27/h2-16H,1H3,(H,26,28). The highest BCUT2D eigenvalue weighted by molar-refractivity contribution is 6.06. The fourth-order valence-electron chi connectivity index (χ4n) is 2.97. The van der Waals surface area contributed by atoms with Crippen LogP contribution in [0.4, 0.5) is 5.69 Å². The predicted molar refractivity (Wildman–Crippen MR) is 116 cm³/mol. The number of hydrogen-bond donors (Lipinski definition) is 1.